The van der Waals surface area contributed by atoms with Crippen molar-refractivity contribution in [1.29, 1.82) is 0 Å². The topological polar surface area (TPSA) is 26.8 Å². The quantitative estimate of drug-likeness (QED) is 0.553. The van der Waals surface area contributed by atoms with Crippen LogP contribution in [0.4, 0.5) is 0 Å². The molecule has 0 N–H and O–H groups in total. The summed E-state index contributed by atoms with van der Waals surface area (Å²) in [4.78, 5) is 13.9. The molecule has 2 rings (SSSR count). The number of piperidine rings is 1. The summed E-state index contributed by atoms with van der Waals surface area (Å²) in [7, 11) is 6.05. The van der Waals surface area contributed by atoms with E-state index in [0.29, 0.717) is 6.42 Å². The maximum atomic E-state index is 11.6. The lowest BCUT2D eigenvalue weighted by Crippen LogP contribution is -2.52. The fourth-order valence-corrected chi connectivity index (χ4v) is 2.53. The molecule has 2 saturated heterocycles. The molecule has 14 heavy (non-hydrogen) atoms. The lowest BCUT2D eigenvalue weighted by atomic mass is 9.85. The normalized spacial score (nSPS) is 29.1. The van der Waals surface area contributed by atoms with Gasteiger partial charge in [0.05, 0.1) is 5.54 Å². The molecule has 0 bridgehead atoms. The largest absolute Gasteiger partial charge is 0.306 e. The molecule has 2 heterocycles. The molecule has 2 fully saturated rings. The summed E-state index contributed by atoms with van der Waals surface area (Å²) in [6.07, 6.45) is 2.92. The summed E-state index contributed by atoms with van der Waals surface area (Å²) < 4.78 is 0. The summed E-state index contributed by atoms with van der Waals surface area (Å²) in [6, 6.07) is 0. The molecule has 0 aliphatic carbocycles. The van der Waals surface area contributed by atoms with Crippen LogP contribution in [-0.2, 0) is 4.79 Å². The average Bonchev–Trinajstić information content (AvgIpc) is 2.37. The minimum absolute atomic E-state index is 0.123. The van der Waals surface area contributed by atoms with Crippen LogP contribution in [0.5, 0.6) is 0 Å². The Kier molecular flexibility index (Phi) is 2.27. The first-order chi connectivity index (χ1) is 6.55. The molecular weight excluding hydrogens is 178 g/mol. The first-order valence-corrected chi connectivity index (χ1v) is 5.24. The van der Waals surface area contributed by atoms with E-state index in [1.807, 2.05) is 14.1 Å². The highest BCUT2D eigenvalue weighted by atomic mass is 16.2. The maximum Gasteiger partial charge on any atom is 0.238 e. The van der Waals surface area contributed by atoms with Gasteiger partial charge in [0.1, 0.15) is 0 Å². The second kappa shape index (κ2) is 3.21. The van der Waals surface area contributed by atoms with Gasteiger partial charge in [-0.25, -0.2) is 5.01 Å². The zero-order chi connectivity index (χ0) is 10.3. The Morgan fingerprint density at radius 3 is 2.14 bits per heavy atom. The number of likely N-dealkylation sites (tertiary alicyclic amines) is 1. The molecular formula is C10H19N3O. The molecule has 1 spiro atoms. The SMILES string of the molecule is CN1CCC2(CC1)CC(=O)N(C)N2C. The number of hydrazine groups is 1. The van der Waals surface area contributed by atoms with E-state index in [-0.39, 0.29) is 11.4 Å². The Labute approximate surface area is 85.4 Å². The molecule has 2 aliphatic heterocycles. The third kappa shape index (κ3) is 1.33. The van der Waals surface area contributed by atoms with Crippen molar-refractivity contribution >= 4 is 5.91 Å². The summed E-state index contributed by atoms with van der Waals surface area (Å²) in [5.41, 5.74) is 0.123. The molecule has 0 aromatic rings. The van der Waals surface area contributed by atoms with Crippen molar-refractivity contribution in [3.63, 3.8) is 0 Å². The zero-order valence-electron chi connectivity index (χ0n) is 9.29. The number of nitrogens with zero attached hydrogens (tertiary/aromatic N) is 3. The Bertz CT molecular complexity index is 246. The van der Waals surface area contributed by atoms with Crippen LogP contribution in [0.1, 0.15) is 19.3 Å². The van der Waals surface area contributed by atoms with E-state index in [2.05, 4.69) is 17.0 Å². The van der Waals surface area contributed by atoms with Crippen molar-refractivity contribution in [2.24, 2.45) is 0 Å². The van der Waals surface area contributed by atoms with Gasteiger partial charge < -0.3 is 4.90 Å². The molecule has 80 valence electrons. The van der Waals surface area contributed by atoms with Gasteiger partial charge in [-0.1, -0.05) is 0 Å². The molecule has 0 radical (unpaired) electrons. The molecule has 0 aromatic heterocycles. The predicted octanol–water partition coefficient (Wildman–Crippen LogP) is 0.160. The van der Waals surface area contributed by atoms with Crippen LogP contribution in [-0.4, -0.2) is 60.6 Å². The molecule has 4 heteroatoms. The minimum Gasteiger partial charge on any atom is -0.306 e. The lowest BCUT2D eigenvalue weighted by molar-refractivity contribution is -0.136. The van der Waals surface area contributed by atoms with Crippen LogP contribution in [0.3, 0.4) is 0 Å². The summed E-state index contributed by atoms with van der Waals surface area (Å²) in [6.45, 7) is 2.21. The number of hydrogen-bond donors (Lipinski definition) is 0. The van der Waals surface area contributed by atoms with Crippen LogP contribution in [0.2, 0.25) is 0 Å². The van der Waals surface area contributed by atoms with Crippen molar-refractivity contribution in [3.05, 3.63) is 0 Å². The highest BCUT2D eigenvalue weighted by Gasteiger charge is 2.47. The van der Waals surface area contributed by atoms with Gasteiger partial charge in [0.15, 0.2) is 0 Å². The summed E-state index contributed by atoms with van der Waals surface area (Å²) in [5.74, 6) is 0.261. The van der Waals surface area contributed by atoms with Crippen molar-refractivity contribution in [1.82, 2.24) is 14.9 Å². The monoisotopic (exact) mass is 197 g/mol. The van der Waals surface area contributed by atoms with Crippen LogP contribution >= 0.6 is 0 Å². The standard InChI is InChI=1S/C10H19N3O/c1-11-6-4-10(5-7-11)8-9(14)12(2)13(10)3/h4-8H2,1-3H3. The van der Waals surface area contributed by atoms with Crippen molar-refractivity contribution < 1.29 is 4.79 Å². The lowest BCUT2D eigenvalue weighted by Gasteiger charge is -2.42. The Morgan fingerprint density at radius 2 is 1.71 bits per heavy atom. The van der Waals surface area contributed by atoms with Gasteiger partial charge in [0.25, 0.3) is 0 Å². The van der Waals surface area contributed by atoms with Crippen LogP contribution < -0.4 is 0 Å². The summed E-state index contributed by atoms with van der Waals surface area (Å²) in [5, 5.41) is 3.91. The number of carbonyl (C=O) groups is 1. The minimum atomic E-state index is 0.123. The molecule has 2 aliphatic rings. The molecule has 1 amide bonds. The van der Waals surface area contributed by atoms with E-state index in [1.165, 1.54) is 0 Å². The third-order valence-electron chi connectivity index (χ3n) is 3.90. The van der Waals surface area contributed by atoms with Gasteiger partial charge >= 0.3 is 0 Å². The highest BCUT2D eigenvalue weighted by Crippen LogP contribution is 2.36. The molecule has 0 unspecified atom stereocenters. The van der Waals surface area contributed by atoms with Gasteiger partial charge in [-0.15, -0.1) is 0 Å². The van der Waals surface area contributed by atoms with Gasteiger partial charge in [-0.05, 0) is 33.0 Å². The van der Waals surface area contributed by atoms with Crippen LogP contribution in [0.15, 0.2) is 0 Å². The maximum absolute atomic E-state index is 11.6. The van der Waals surface area contributed by atoms with E-state index in [4.69, 9.17) is 0 Å². The highest BCUT2D eigenvalue weighted by molar-refractivity contribution is 5.79. The fraction of sp³-hybridized carbons (Fsp3) is 0.900. The second-order valence-electron chi connectivity index (χ2n) is 4.65. The average molecular weight is 197 g/mol. The Balaban J connectivity index is 2.13. The van der Waals surface area contributed by atoms with Crippen LogP contribution in [0.25, 0.3) is 0 Å². The first-order valence-electron chi connectivity index (χ1n) is 5.24. The molecule has 0 atom stereocenters. The second-order valence-corrected chi connectivity index (χ2v) is 4.65. The van der Waals surface area contributed by atoms with Gasteiger partial charge in [-0.3, -0.25) is 9.80 Å². The van der Waals surface area contributed by atoms with Gasteiger partial charge in [-0.2, -0.15) is 0 Å². The van der Waals surface area contributed by atoms with Gasteiger partial charge in [0, 0.05) is 20.5 Å². The van der Waals surface area contributed by atoms with Crippen LogP contribution in [0, 0.1) is 0 Å². The Hall–Kier alpha value is -0.610. The third-order valence-corrected chi connectivity index (χ3v) is 3.90. The van der Waals surface area contributed by atoms with E-state index in [9.17, 15) is 4.79 Å². The predicted molar refractivity (Wildman–Crippen MR) is 54.6 cm³/mol. The number of amides is 1. The molecule has 0 saturated carbocycles. The van der Waals surface area contributed by atoms with E-state index in [0.717, 1.165) is 25.9 Å². The van der Waals surface area contributed by atoms with E-state index in [1.54, 1.807) is 5.01 Å². The van der Waals surface area contributed by atoms with Crippen molar-refractivity contribution in [3.8, 4) is 0 Å². The smallest absolute Gasteiger partial charge is 0.238 e. The first kappa shape index (κ1) is 9.93. The van der Waals surface area contributed by atoms with Crippen molar-refractivity contribution in [2.45, 2.75) is 24.8 Å². The van der Waals surface area contributed by atoms with E-state index < -0.39 is 0 Å². The molecule has 4 nitrogen and oxygen atoms in total. The van der Waals surface area contributed by atoms with E-state index >= 15 is 0 Å². The van der Waals surface area contributed by atoms with Gasteiger partial charge in [0.2, 0.25) is 5.91 Å². The zero-order valence-corrected chi connectivity index (χ0v) is 9.29. The fourth-order valence-electron chi connectivity index (χ4n) is 2.53. The van der Waals surface area contributed by atoms with Crippen molar-refractivity contribution in [2.75, 3.05) is 34.2 Å². The molecule has 0 aromatic carbocycles. The number of hydrogen-bond acceptors (Lipinski definition) is 3. The number of carbonyl (C=O) groups excluding carboxylic acids is 1. The Morgan fingerprint density at radius 1 is 1.14 bits per heavy atom. The number of rotatable bonds is 0. The summed E-state index contributed by atoms with van der Waals surface area (Å²) >= 11 is 0.